The van der Waals surface area contributed by atoms with Gasteiger partial charge in [-0.25, -0.2) is 0 Å². The maximum absolute atomic E-state index is 4.20. The summed E-state index contributed by atoms with van der Waals surface area (Å²) in [5.74, 6) is 0. The molecule has 5 rings (SSSR count). The van der Waals surface area contributed by atoms with E-state index < -0.39 is 0 Å². The monoisotopic (exact) mass is 2670 g/mol. The molecule has 0 aliphatic heterocycles. The molecule has 5 aromatic heterocycles. The van der Waals surface area contributed by atoms with Crippen molar-refractivity contribution in [1.29, 1.82) is 0 Å². The fourth-order valence-corrected chi connectivity index (χ4v) is 14.9. The molecule has 0 radical (unpaired) electrons. The Morgan fingerprint density at radius 3 is 0.631 bits per heavy atom. The summed E-state index contributed by atoms with van der Waals surface area (Å²) >= 11 is 22.8. The Bertz CT molecular complexity index is 1990. The molecular formula is C40H54N10S5W10. The summed E-state index contributed by atoms with van der Waals surface area (Å²) in [7, 11) is 0. The van der Waals surface area contributed by atoms with Gasteiger partial charge in [0, 0.05) is 0 Å². The van der Waals surface area contributed by atoms with Crippen LogP contribution in [0.1, 0.15) is 188 Å². The molecule has 0 fully saturated rings. The summed E-state index contributed by atoms with van der Waals surface area (Å²) in [6, 6.07) is 0. The first-order chi connectivity index (χ1) is 30.9. The zero-order chi connectivity index (χ0) is 50.4. The first-order valence-electron chi connectivity index (χ1n) is 20.2. The quantitative estimate of drug-likeness (QED) is 0.0961. The van der Waals surface area contributed by atoms with Gasteiger partial charge >= 0.3 is 499 Å². The Morgan fingerprint density at radius 2 is 0.477 bits per heavy atom. The molecule has 0 aliphatic carbocycles. The van der Waals surface area contributed by atoms with E-state index in [1.165, 1.54) is 222 Å². The van der Waals surface area contributed by atoms with E-state index in [-0.39, 0.29) is 0 Å². The standard InChI is InChI=1S/3C8H10N2S.2C6H6N2S.2C2H6.10W/c3*1-3-5-7-8(6-4-2)11-10-9-7;2*1-3-5-6(4-2)9-8-7-5;2*1-2;;;;;;;;;;/h3*3-4H2,1-2H3;2*1-2H3;2*1-2H3;;;;;;;;;;. The van der Waals surface area contributed by atoms with Gasteiger partial charge in [0.2, 0.25) is 0 Å². The van der Waals surface area contributed by atoms with Crippen molar-refractivity contribution in [3.05, 3.63) is 52.9 Å². The zero-order valence-corrected chi connectivity index (χ0v) is 72.3. The van der Waals surface area contributed by atoms with E-state index in [1.54, 1.807) is 92.7 Å². The molecule has 65 heavy (non-hydrogen) atoms. The molecule has 0 amide bonds. The minimum atomic E-state index is 1.10. The number of nitrogens with zero attached hydrogens (tertiary/aromatic N) is 10. The molecule has 10 nitrogen and oxygen atoms in total. The van der Waals surface area contributed by atoms with Crippen LogP contribution in [0.15, 0.2) is 0 Å². The van der Waals surface area contributed by atoms with Crippen molar-refractivity contribution in [2.24, 2.45) is 0 Å². The van der Waals surface area contributed by atoms with E-state index in [4.69, 9.17) is 0 Å². The third-order valence-corrected chi connectivity index (χ3v) is 27.2. The molecule has 0 atom stereocenters. The third kappa shape index (κ3) is 25.9. The summed E-state index contributed by atoms with van der Waals surface area (Å²) in [4.78, 5) is 6.51. The van der Waals surface area contributed by atoms with Crippen LogP contribution >= 0.6 is 57.7 Å². The van der Waals surface area contributed by atoms with Gasteiger partial charge in [0.05, 0.1) is 0 Å². The SMILES string of the molecule is CC.CC.CC[C](=[W])c1nnsc1[C](=[W])CC.CC[C](=[W])c1nnsc1[C](=[W])CC.CC[C](=[W])c1nnsc1[C](=[W])CC.C[C](=[W])c1nnsc1[C](C)=[W].C[C](=[W])c1nnsc1[C](C)=[W]. The molecule has 0 N–H and O–H groups in total. The van der Waals surface area contributed by atoms with Crippen LogP contribution in [-0.2, 0) is 194 Å². The average Bonchev–Trinajstić information content (AvgIpc) is 4.18. The first kappa shape index (κ1) is 70.5. The Labute approximate surface area is 517 Å². The first-order valence-corrected chi connectivity index (χ1v) is 38.7. The van der Waals surface area contributed by atoms with Crippen LogP contribution in [0, 0.1) is 0 Å². The number of rotatable bonds is 16. The predicted octanol–water partition coefficient (Wildman–Crippen LogP) is 7.96. The molecule has 0 aromatic carbocycles. The normalized spacial score (nSPS) is 9.45. The van der Waals surface area contributed by atoms with Gasteiger partial charge in [-0.2, -0.15) is 0 Å². The van der Waals surface area contributed by atoms with Gasteiger partial charge in [-0.05, 0) is 0 Å². The van der Waals surface area contributed by atoms with Crippen molar-refractivity contribution in [3.63, 3.8) is 0 Å². The summed E-state index contributed by atoms with van der Waals surface area (Å²) < 4.78 is 34.1. The average molecular weight is 2670 g/mol. The molecule has 0 saturated heterocycles. The maximum atomic E-state index is 4.20. The van der Waals surface area contributed by atoms with Crippen molar-refractivity contribution >= 4 is 96.6 Å². The molecule has 0 saturated carbocycles. The number of hydrogen-bond donors (Lipinski definition) is 0. The van der Waals surface area contributed by atoms with Gasteiger partial charge in [-0.15, -0.1) is 0 Å². The van der Waals surface area contributed by atoms with Gasteiger partial charge in [-0.1, -0.05) is 27.7 Å². The Hall–Kier alpha value is 3.38. The van der Waals surface area contributed by atoms with Crippen LogP contribution < -0.4 is 0 Å². The summed E-state index contributed by atoms with van der Waals surface area (Å²) in [5.41, 5.74) is 5.70. The van der Waals surface area contributed by atoms with Crippen LogP contribution in [0.5, 0.6) is 0 Å². The summed E-state index contributed by atoms with van der Waals surface area (Å²) in [6.45, 7) is 29.6. The molecule has 0 spiro atoms. The Kier molecular flexibility index (Phi) is 45.2. The molecule has 25 heteroatoms. The van der Waals surface area contributed by atoms with Gasteiger partial charge in [-0.3, -0.25) is 0 Å². The second-order valence-electron chi connectivity index (χ2n) is 11.6. The van der Waals surface area contributed by atoms with Gasteiger partial charge in [0.25, 0.3) is 0 Å². The van der Waals surface area contributed by atoms with E-state index >= 15 is 0 Å². The van der Waals surface area contributed by atoms with E-state index in [1.807, 2.05) is 27.7 Å². The molecule has 0 bridgehead atoms. The van der Waals surface area contributed by atoms with Crippen molar-refractivity contribution in [1.82, 2.24) is 47.9 Å². The van der Waals surface area contributed by atoms with Crippen molar-refractivity contribution < 1.29 is 194 Å². The van der Waals surface area contributed by atoms with Crippen LogP contribution in [0.3, 0.4) is 0 Å². The third-order valence-electron chi connectivity index (χ3n) is 7.23. The second kappa shape index (κ2) is 41.7. The van der Waals surface area contributed by atoms with E-state index in [0.717, 1.165) is 67.0 Å². The minimum absolute atomic E-state index is 1.10. The molecule has 354 valence electrons. The molecular weight excluding hydrogens is 2620 g/mol. The molecule has 0 unspecified atom stereocenters. The van der Waals surface area contributed by atoms with Crippen LogP contribution in [0.4, 0.5) is 0 Å². The number of hydrogen-bond acceptors (Lipinski definition) is 15. The van der Waals surface area contributed by atoms with Crippen LogP contribution in [0.25, 0.3) is 0 Å². The molecule has 5 heterocycles. The van der Waals surface area contributed by atoms with Gasteiger partial charge in [0.15, 0.2) is 0 Å². The summed E-state index contributed by atoms with van der Waals surface area (Å²) in [5, 5.41) is 20.8. The van der Waals surface area contributed by atoms with Gasteiger partial charge in [0.1, 0.15) is 0 Å². The molecule has 0 aliphatic rings. The topological polar surface area (TPSA) is 129 Å². The number of aromatic nitrogens is 10. The molecule has 5 aromatic rings. The van der Waals surface area contributed by atoms with E-state index in [9.17, 15) is 0 Å². The Balaban J connectivity index is 0. The van der Waals surface area contributed by atoms with Crippen LogP contribution in [0.2, 0.25) is 0 Å². The van der Waals surface area contributed by atoms with Crippen molar-refractivity contribution in [2.75, 3.05) is 0 Å². The second-order valence-corrected chi connectivity index (χ2v) is 34.8. The fourth-order valence-electron chi connectivity index (χ4n) is 3.96. The zero-order valence-electron chi connectivity index (χ0n) is 38.8. The van der Waals surface area contributed by atoms with Gasteiger partial charge < -0.3 is 0 Å². The van der Waals surface area contributed by atoms with Crippen molar-refractivity contribution in [3.8, 4) is 0 Å². The fraction of sp³-hybridized carbons (Fsp3) is 0.500. The Morgan fingerprint density at radius 1 is 0.292 bits per heavy atom. The predicted molar refractivity (Wildman–Crippen MR) is 248 cm³/mol. The van der Waals surface area contributed by atoms with E-state index in [2.05, 4.69) is 117 Å². The van der Waals surface area contributed by atoms with Crippen molar-refractivity contribution in [2.45, 2.75) is 135 Å². The van der Waals surface area contributed by atoms with E-state index in [0.29, 0.717) is 0 Å². The van der Waals surface area contributed by atoms with Crippen LogP contribution in [-0.4, -0.2) is 86.9 Å². The summed E-state index contributed by atoms with van der Waals surface area (Å²) in [6.07, 6.45) is 6.66.